The molecule has 2 amide bonds. The molecule has 1 rings (SSSR count). The van der Waals surface area contributed by atoms with Crippen molar-refractivity contribution in [3.05, 3.63) is 11.6 Å². The van der Waals surface area contributed by atoms with Crippen molar-refractivity contribution in [1.82, 2.24) is 10.6 Å². The minimum absolute atomic E-state index is 0.00455. The van der Waals surface area contributed by atoms with Gasteiger partial charge >= 0.3 is 0 Å². The molecule has 4 heteroatoms. The van der Waals surface area contributed by atoms with Gasteiger partial charge in [-0.25, -0.2) is 0 Å². The first kappa shape index (κ1) is 20.7. The number of hydrogen-bond donors (Lipinski definition) is 2. The highest BCUT2D eigenvalue weighted by molar-refractivity contribution is 5.83. The number of allylic oxidation sites excluding steroid dienone is 1. The Kier molecular flexibility index (Phi) is 11.2. The second kappa shape index (κ2) is 13.0. The summed E-state index contributed by atoms with van der Waals surface area (Å²) in [6.45, 7) is 5.79. The summed E-state index contributed by atoms with van der Waals surface area (Å²) in [6.07, 6.45) is 13.4. The molecule has 0 aromatic rings. The summed E-state index contributed by atoms with van der Waals surface area (Å²) in [5.74, 6) is 0.543. The number of carbonyl (C=O) groups excluding carboxylic acids is 2. The van der Waals surface area contributed by atoms with Crippen LogP contribution in [-0.4, -0.2) is 24.9 Å². The molecule has 0 aromatic carbocycles. The van der Waals surface area contributed by atoms with Gasteiger partial charge in [0.05, 0.1) is 0 Å². The molecule has 0 bridgehead atoms. The number of nitrogens with one attached hydrogen (secondary N) is 2. The van der Waals surface area contributed by atoms with Crippen molar-refractivity contribution >= 4 is 11.8 Å². The van der Waals surface area contributed by atoms with Crippen LogP contribution in [0.2, 0.25) is 0 Å². The van der Waals surface area contributed by atoms with E-state index in [1.165, 1.54) is 50.5 Å². The van der Waals surface area contributed by atoms with Crippen LogP contribution in [0.1, 0.15) is 84.5 Å². The van der Waals surface area contributed by atoms with Gasteiger partial charge in [-0.15, -0.1) is 0 Å². The van der Waals surface area contributed by atoms with E-state index in [4.69, 9.17) is 0 Å². The van der Waals surface area contributed by atoms with E-state index in [1.807, 2.05) is 0 Å². The fraction of sp³-hybridized carbons (Fsp3) is 0.800. The monoisotopic (exact) mass is 336 g/mol. The lowest BCUT2D eigenvalue weighted by Crippen LogP contribution is -2.31. The van der Waals surface area contributed by atoms with Crippen LogP contribution < -0.4 is 10.6 Å². The summed E-state index contributed by atoms with van der Waals surface area (Å²) in [4.78, 5) is 23.7. The summed E-state index contributed by atoms with van der Waals surface area (Å²) < 4.78 is 0. The van der Waals surface area contributed by atoms with Gasteiger partial charge in [0.15, 0.2) is 0 Å². The third-order valence-electron chi connectivity index (χ3n) is 4.86. The number of hydrogen-bond acceptors (Lipinski definition) is 2. The maximum Gasteiger partial charge on any atom is 0.220 e. The summed E-state index contributed by atoms with van der Waals surface area (Å²) in [5, 5.41) is 5.91. The zero-order valence-electron chi connectivity index (χ0n) is 15.7. The molecule has 0 fully saturated rings. The molecule has 138 valence electrons. The maximum absolute atomic E-state index is 11.9. The van der Waals surface area contributed by atoms with Crippen molar-refractivity contribution in [2.45, 2.75) is 84.5 Å². The second-order valence-corrected chi connectivity index (χ2v) is 6.93. The molecule has 24 heavy (non-hydrogen) atoms. The van der Waals surface area contributed by atoms with E-state index in [9.17, 15) is 9.59 Å². The second-order valence-electron chi connectivity index (χ2n) is 6.93. The highest BCUT2D eigenvalue weighted by Crippen LogP contribution is 2.19. The first-order valence-electron chi connectivity index (χ1n) is 9.87. The predicted octanol–water partition coefficient (Wildman–Crippen LogP) is 4.11. The predicted molar refractivity (Wildman–Crippen MR) is 99.7 cm³/mol. The zero-order valence-corrected chi connectivity index (χ0v) is 15.7. The molecular formula is C20H36N2O2. The standard InChI is InChI=1S/C20H36N2O2/c1-3-5-9-17(4-2)16-22-20(24)13-12-19(23)21-15-14-18-10-7-6-8-11-18/h10,17H,3-9,11-16H2,1-2H3,(H,21,23)(H,22,24). The molecule has 1 unspecified atom stereocenters. The van der Waals surface area contributed by atoms with E-state index < -0.39 is 0 Å². The van der Waals surface area contributed by atoms with Gasteiger partial charge in [0, 0.05) is 25.9 Å². The zero-order chi connectivity index (χ0) is 17.6. The molecule has 4 nitrogen and oxygen atoms in total. The van der Waals surface area contributed by atoms with Gasteiger partial charge in [-0.1, -0.05) is 44.8 Å². The molecule has 0 heterocycles. The molecule has 0 aliphatic heterocycles. The Morgan fingerprint density at radius 3 is 2.50 bits per heavy atom. The van der Waals surface area contributed by atoms with Gasteiger partial charge in [-0.2, -0.15) is 0 Å². The average Bonchev–Trinajstić information content (AvgIpc) is 2.61. The van der Waals surface area contributed by atoms with Crippen molar-refractivity contribution in [2.75, 3.05) is 13.1 Å². The lowest BCUT2D eigenvalue weighted by Gasteiger charge is -2.15. The quantitative estimate of drug-likeness (QED) is 0.527. The molecule has 0 radical (unpaired) electrons. The van der Waals surface area contributed by atoms with Crippen LogP contribution in [0.25, 0.3) is 0 Å². The van der Waals surface area contributed by atoms with E-state index >= 15 is 0 Å². The van der Waals surface area contributed by atoms with Crippen molar-refractivity contribution in [1.29, 1.82) is 0 Å². The van der Waals surface area contributed by atoms with Gasteiger partial charge in [0.25, 0.3) is 0 Å². The highest BCUT2D eigenvalue weighted by atomic mass is 16.2. The van der Waals surface area contributed by atoms with E-state index in [-0.39, 0.29) is 18.2 Å². The molecule has 0 saturated carbocycles. The van der Waals surface area contributed by atoms with Crippen LogP contribution in [0.15, 0.2) is 11.6 Å². The van der Waals surface area contributed by atoms with Crippen LogP contribution in [-0.2, 0) is 9.59 Å². The molecule has 1 aliphatic rings. The number of rotatable bonds is 12. The Balaban J connectivity index is 2.07. The van der Waals surface area contributed by atoms with Gasteiger partial charge in [-0.05, 0) is 44.4 Å². The van der Waals surface area contributed by atoms with Gasteiger partial charge in [0.1, 0.15) is 0 Å². The van der Waals surface area contributed by atoms with Crippen LogP contribution >= 0.6 is 0 Å². The molecule has 2 N–H and O–H groups in total. The lowest BCUT2D eigenvalue weighted by atomic mass is 9.97. The molecule has 0 aromatic heterocycles. The fourth-order valence-electron chi connectivity index (χ4n) is 3.10. The average molecular weight is 337 g/mol. The van der Waals surface area contributed by atoms with Crippen LogP contribution in [0.4, 0.5) is 0 Å². The number of amides is 2. The largest absolute Gasteiger partial charge is 0.356 e. The Labute approximate surface area is 147 Å². The van der Waals surface area contributed by atoms with Crippen molar-refractivity contribution in [2.24, 2.45) is 5.92 Å². The third-order valence-corrected chi connectivity index (χ3v) is 4.86. The Bertz CT molecular complexity index is 404. The number of carbonyl (C=O) groups is 2. The number of unbranched alkanes of at least 4 members (excludes halogenated alkanes) is 1. The minimum Gasteiger partial charge on any atom is -0.356 e. The van der Waals surface area contributed by atoms with E-state index in [0.717, 1.165) is 19.4 Å². The highest BCUT2D eigenvalue weighted by Gasteiger charge is 2.10. The first-order valence-corrected chi connectivity index (χ1v) is 9.87. The molecule has 1 atom stereocenters. The SMILES string of the molecule is CCCCC(CC)CNC(=O)CCC(=O)NCCC1=CCCCC1. The van der Waals surface area contributed by atoms with Crippen LogP contribution in [0, 0.1) is 5.92 Å². The van der Waals surface area contributed by atoms with Crippen molar-refractivity contribution in [3.63, 3.8) is 0 Å². The molecule has 0 spiro atoms. The Hall–Kier alpha value is -1.32. The molecule has 1 aliphatic carbocycles. The molecule has 0 saturated heterocycles. The van der Waals surface area contributed by atoms with Crippen LogP contribution in [0.5, 0.6) is 0 Å². The summed E-state index contributed by atoms with van der Waals surface area (Å²) in [7, 11) is 0. The topological polar surface area (TPSA) is 58.2 Å². The summed E-state index contributed by atoms with van der Waals surface area (Å²) in [5.41, 5.74) is 1.47. The summed E-state index contributed by atoms with van der Waals surface area (Å²) in [6, 6.07) is 0. The normalized spacial score (nSPS) is 15.5. The van der Waals surface area contributed by atoms with Gasteiger partial charge in [-0.3, -0.25) is 9.59 Å². The fourth-order valence-corrected chi connectivity index (χ4v) is 3.10. The third kappa shape index (κ3) is 9.74. The minimum atomic E-state index is -0.0143. The van der Waals surface area contributed by atoms with Crippen molar-refractivity contribution in [3.8, 4) is 0 Å². The van der Waals surface area contributed by atoms with Crippen molar-refractivity contribution < 1.29 is 9.59 Å². The summed E-state index contributed by atoms with van der Waals surface area (Å²) >= 11 is 0. The van der Waals surface area contributed by atoms with E-state index in [0.29, 0.717) is 18.9 Å². The first-order chi connectivity index (χ1) is 11.7. The Morgan fingerprint density at radius 2 is 1.88 bits per heavy atom. The van der Waals surface area contributed by atoms with E-state index in [2.05, 4.69) is 30.6 Å². The molecular weight excluding hydrogens is 300 g/mol. The smallest absolute Gasteiger partial charge is 0.220 e. The lowest BCUT2D eigenvalue weighted by molar-refractivity contribution is -0.126. The van der Waals surface area contributed by atoms with E-state index in [1.54, 1.807) is 0 Å². The van der Waals surface area contributed by atoms with Gasteiger partial charge in [0.2, 0.25) is 11.8 Å². The maximum atomic E-state index is 11.9. The van der Waals surface area contributed by atoms with Crippen LogP contribution in [0.3, 0.4) is 0 Å². The Morgan fingerprint density at radius 1 is 1.12 bits per heavy atom. The van der Waals surface area contributed by atoms with Gasteiger partial charge < -0.3 is 10.6 Å².